The highest BCUT2D eigenvalue weighted by Crippen LogP contribution is 2.23. The number of rotatable bonds is 6. The van der Waals surface area contributed by atoms with Crippen LogP contribution in [0.3, 0.4) is 0 Å². The van der Waals surface area contributed by atoms with Crippen LogP contribution in [0.25, 0.3) is 0 Å². The second-order valence-corrected chi connectivity index (χ2v) is 6.83. The number of carboxylic acids is 1. The number of carboxylic acid groups (broad SMARTS) is 1. The zero-order valence-electron chi connectivity index (χ0n) is 12.3. The minimum absolute atomic E-state index is 0.180. The van der Waals surface area contributed by atoms with E-state index in [-0.39, 0.29) is 10.9 Å². The van der Waals surface area contributed by atoms with Crippen molar-refractivity contribution < 1.29 is 18.3 Å². The van der Waals surface area contributed by atoms with Gasteiger partial charge in [0.15, 0.2) is 0 Å². The smallest absolute Gasteiger partial charge is 0.318 e. The summed E-state index contributed by atoms with van der Waals surface area (Å²) in [4.78, 5) is 11.1. The predicted octanol–water partition coefficient (Wildman–Crippen LogP) is 2.18. The number of hydrogen-bond acceptors (Lipinski definition) is 3. The molecule has 20 heavy (non-hydrogen) atoms. The third-order valence-electron chi connectivity index (χ3n) is 3.30. The summed E-state index contributed by atoms with van der Waals surface area (Å²) in [5.74, 6) is -1.15. The van der Waals surface area contributed by atoms with E-state index in [0.717, 1.165) is 9.87 Å². The minimum atomic E-state index is -3.81. The largest absolute Gasteiger partial charge is 0.480 e. The van der Waals surface area contributed by atoms with Gasteiger partial charge in [-0.15, -0.1) is 0 Å². The Morgan fingerprint density at radius 2 is 1.95 bits per heavy atom. The van der Waals surface area contributed by atoms with Gasteiger partial charge in [0.2, 0.25) is 10.0 Å². The Balaban J connectivity index is 3.35. The van der Waals surface area contributed by atoms with E-state index in [1.807, 2.05) is 19.9 Å². The summed E-state index contributed by atoms with van der Waals surface area (Å²) in [7, 11) is -3.81. The van der Waals surface area contributed by atoms with Crippen molar-refractivity contribution in [3.05, 3.63) is 29.3 Å². The molecule has 0 amide bonds. The van der Waals surface area contributed by atoms with E-state index < -0.39 is 22.5 Å². The summed E-state index contributed by atoms with van der Waals surface area (Å²) in [6, 6.07) is 4.79. The Morgan fingerprint density at radius 3 is 2.45 bits per heavy atom. The van der Waals surface area contributed by atoms with Crippen LogP contribution in [-0.4, -0.2) is 36.4 Å². The fourth-order valence-electron chi connectivity index (χ4n) is 1.93. The molecular formula is C14H21NO4S. The lowest BCUT2D eigenvalue weighted by Crippen LogP contribution is -2.42. The second-order valence-electron chi connectivity index (χ2n) is 4.97. The van der Waals surface area contributed by atoms with Crippen LogP contribution in [0.2, 0.25) is 0 Å². The Morgan fingerprint density at radius 1 is 1.35 bits per heavy atom. The van der Waals surface area contributed by atoms with Crippen LogP contribution in [-0.2, 0) is 14.8 Å². The van der Waals surface area contributed by atoms with Gasteiger partial charge < -0.3 is 5.11 Å². The van der Waals surface area contributed by atoms with E-state index in [0.29, 0.717) is 12.0 Å². The van der Waals surface area contributed by atoms with Crippen LogP contribution in [0, 0.1) is 13.8 Å². The fraction of sp³-hybridized carbons (Fsp3) is 0.500. The first-order chi connectivity index (χ1) is 9.20. The molecule has 0 bridgehead atoms. The normalized spacial score (nSPS) is 13.4. The molecule has 0 fully saturated rings. The molecule has 1 aromatic carbocycles. The topological polar surface area (TPSA) is 74.7 Å². The average molecular weight is 299 g/mol. The fourth-order valence-corrected chi connectivity index (χ4v) is 3.89. The van der Waals surface area contributed by atoms with Crippen molar-refractivity contribution in [1.82, 2.24) is 4.31 Å². The number of hydrogen-bond donors (Lipinski definition) is 1. The molecule has 1 rings (SSSR count). The molecule has 1 N–H and O–H groups in total. The van der Waals surface area contributed by atoms with E-state index in [4.69, 9.17) is 5.11 Å². The maximum atomic E-state index is 12.7. The van der Waals surface area contributed by atoms with Gasteiger partial charge in [0.1, 0.15) is 6.54 Å². The van der Waals surface area contributed by atoms with E-state index >= 15 is 0 Å². The van der Waals surface area contributed by atoms with Crippen LogP contribution >= 0.6 is 0 Å². The van der Waals surface area contributed by atoms with Crippen LogP contribution in [0.1, 0.15) is 31.4 Å². The highest BCUT2D eigenvalue weighted by atomic mass is 32.2. The lowest BCUT2D eigenvalue weighted by Gasteiger charge is -2.26. The Hall–Kier alpha value is -1.40. The zero-order chi connectivity index (χ0) is 15.5. The standard InChI is InChI=1S/C14H21NO4S/c1-5-12(4)15(9-14(16)17)20(18,19)13-8-10(2)6-7-11(13)3/h6-8,12H,5,9H2,1-4H3,(H,16,17). The third-order valence-corrected chi connectivity index (χ3v) is 5.41. The van der Waals surface area contributed by atoms with Crippen molar-refractivity contribution in [2.24, 2.45) is 0 Å². The molecule has 0 aliphatic heterocycles. The molecule has 0 heterocycles. The number of carbonyl (C=O) groups is 1. The summed E-state index contributed by atoms with van der Waals surface area (Å²) in [6.45, 7) is 6.54. The highest BCUT2D eigenvalue weighted by Gasteiger charge is 2.31. The SMILES string of the molecule is CCC(C)N(CC(=O)O)S(=O)(=O)c1cc(C)ccc1C. The number of nitrogens with zero attached hydrogens (tertiary/aromatic N) is 1. The first-order valence-electron chi connectivity index (χ1n) is 6.51. The summed E-state index contributed by atoms with van der Waals surface area (Å²) >= 11 is 0. The monoisotopic (exact) mass is 299 g/mol. The van der Waals surface area contributed by atoms with Crippen molar-refractivity contribution in [3.63, 3.8) is 0 Å². The minimum Gasteiger partial charge on any atom is -0.480 e. The summed E-state index contributed by atoms with van der Waals surface area (Å²) in [5.41, 5.74) is 1.45. The number of sulfonamides is 1. The molecule has 0 radical (unpaired) electrons. The lowest BCUT2D eigenvalue weighted by molar-refractivity contribution is -0.137. The molecule has 6 heteroatoms. The van der Waals surface area contributed by atoms with Crippen LogP contribution in [0.15, 0.2) is 23.1 Å². The number of aryl methyl sites for hydroxylation is 2. The van der Waals surface area contributed by atoms with Crippen LogP contribution in [0.5, 0.6) is 0 Å². The van der Waals surface area contributed by atoms with Crippen molar-refractivity contribution in [3.8, 4) is 0 Å². The van der Waals surface area contributed by atoms with Crippen molar-refractivity contribution in [2.75, 3.05) is 6.54 Å². The van der Waals surface area contributed by atoms with Gasteiger partial charge in [-0.05, 0) is 44.4 Å². The van der Waals surface area contributed by atoms with E-state index in [9.17, 15) is 13.2 Å². The Bertz CT molecular complexity index is 595. The molecular weight excluding hydrogens is 278 g/mol. The van der Waals surface area contributed by atoms with Crippen molar-refractivity contribution in [2.45, 2.75) is 45.1 Å². The third kappa shape index (κ3) is 3.58. The van der Waals surface area contributed by atoms with Gasteiger partial charge in [-0.3, -0.25) is 4.79 Å². The van der Waals surface area contributed by atoms with Gasteiger partial charge in [-0.1, -0.05) is 19.1 Å². The maximum Gasteiger partial charge on any atom is 0.318 e. The van der Waals surface area contributed by atoms with Gasteiger partial charge in [0.05, 0.1) is 4.90 Å². The van der Waals surface area contributed by atoms with Crippen molar-refractivity contribution >= 4 is 16.0 Å². The van der Waals surface area contributed by atoms with Gasteiger partial charge in [-0.2, -0.15) is 4.31 Å². The zero-order valence-corrected chi connectivity index (χ0v) is 13.1. The summed E-state index contributed by atoms with van der Waals surface area (Å²) in [6.07, 6.45) is 0.553. The predicted molar refractivity (Wildman–Crippen MR) is 77.2 cm³/mol. The van der Waals surface area contributed by atoms with Gasteiger partial charge in [0.25, 0.3) is 0 Å². The number of benzene rings is 1. The van der Waals surface area contributed by atoms with E-state index in [2.05, 4.69) is 0 Å². The van der Waals surface area contributed by atoms with E-state index in [1.165, 1.54) is 0 Å². The first-order valence-corrected chi connectivity index (χ1v) is 7.95. The molecule has 5 nitrogen and oxygen atoms in total. The quantitative estimate of drug-likeness (QED) is 0.873. The molecule has 1 atom stereocenters. The van der Waals surface area contributed by atoms with Crippen LogP contribution in [0.4, 0.5) is 0 Å². The molecule has 0 spiro atoms. The van der Waals surface area contributed by atoms with Crippen molar-refractivity contribution in [1.29, 1.82) is 0 Å². The molecule has 0 aliphatic carbocycles. The first kappa shape index (κ1) is 16.7. The molecule has 0 saturated heterocycles. The van der Waals surface area contributed by atoms with Gasteiger partial charge >= 0.3 is 5.97 Å². The maximum absolute atomic E-state index is 12.7. The molecule has 1 unspecified atom stereocenters. The molecule has 1 aromatic rings. The second kappa shape index (κ2) is 6.37. The highest BCUT2D eigenvalue weighted by molar-refractivity contribution is 7.89. The average Bonchev–Trinajstić information content (AvgIpc) is 2.37. The summed E-state index contributed by atoms with van der Waals surface area (Å²) < 4.78 is 26.5. The lowest BCUT2D eigenvalue weighted by atomic mass is 10.2. The van der Waals surface area contributed by atoms with E-state index in [1.54, 1.807) is 26.0 Å². The molecule has 0 saturated carbocycles. The molecule has 0 aromatic heterocycles. The van der Waals surface area contributed by atoms with Crippen LogP contribution < -0.4 is 0 Å². The number of aliphatic carboxylic acids is 1. The molecule has 112 valence electrons. The van der Waals surface area contributed by atoms with Gasteiger partial charge in [-0.25, -0.2) is 8.42 Å². The summed E-state index contributed by atoms with van der Waals surface area (Å²) in [5, 5.41) is 8.96. The Kier molecular flexibility index (Phi) is 5.30. The Labute approximate surface area is 120 Å². The van der Waals surface area contributed by atoms with Gasteiger partial charge in [0, 0.05) is 6.04 Å². The molecule has 0 aliphatic rings.